The van der Waals surface area contributed by atoms with Gasteiger partial charge in [-0.3, -0.25) is 4.79 Å². The average molecular weight is 328 g/mol. The maximum atomic E-state index is 13.0. The number of guanidine groups is 1. The van der Waals surface area contributed by atoms with E-state index in [4.69, 9.17) is 4.74 Å². The Hall–Kier alpha value is -2.38. The topological polar surface area (TPSA) is 66.0 Å². The molecular weight excluding hydrogens is 306 g/mol. The van der Waals surface area contributed by atoms with Gasteiger partial charge in [0.25, 0.3) is 0 Å². The monoisotopic (exact) mass is 328 g/mol. The van der Waals surface area contributed by atoms with Crippen LogP contribution in [0.4, 0.5) is 8.78 Å². The maximum Gasteiger partial charge on any atom is 0.243 e. The van der Waals surface area contributed by atoms with Crippen LogP contribution in [0.25, 0.3) is 0 Å². The van der Waals surface area contributed by atoms with Crippen molar-refractivity contribution >= 4 is 11.9 Å². The van der Waals surface area contributed by atoms with Crippen LogP contribution in [0.1, 0.15) is 6.92 Å². The van der Waals surface area contributed by atoms with Crippen LogP contribution < -0.4 is 15.4 Å². The molecule has 0 saturated carbocycles. The Morgan fingerprint density at radius 2 is 2.00 bits per heavy atom. The van der Waals surface area contributed by atoms with Gasteiger partial charge in [0, 0.05) is 26.7 Å². The quantitative estimate of drug-likeness (QED) is 0.445. The lowest BCUT2D eigenvalue weighted by molar-refractivity contribution is -0.127. The fourth-order valence-electron chi connectivity index (χ4n) is 1.53. The molecule has 0 radical (unpaired) electrons. The van der Waals surface area contributed by atoms with Crippen molar-refractivity contribution in [2.24, 2.45) is 4.99 Å². The van der Waals surface area contributed by atoms with E-state index in [-0.39, 0.29) is 24.8 Å². The molecule has 0 saturated heterocycles. The Balaban J connectivity index is 2.41. The second kappa shape index (κ2) is 9.60. The summed E-state index contributed by atoms with van der Waals surface area (Å²) in [6, 6.07) is 3.36. The summed E-state index contributed by atoms with van der Waals surface area (Å²) < 4.78 is 31.1. The number of benzene rings is 1. The van der Waals surface area contributed by atoms with Gasteiger partial charge < -0.3 is 20.3 Å². The maximum absolute atomic E-state index is 13.0. The molecule has 0 atom stereocenters. The molecule has 128 valence electrons. The first kappa shape index (κ1) is 18.7. The number of rotatable bonds is 7. The van der Waals surface area contributed by atoms with Crippen molar-refractivity contribution in [2.45, 2.75) is 6.92 Å². The van der Waals surface area contributed by atoms with Crippen molar-refractivity contribution in [3.8, 4) is 5.75 Å². The molecule has 0 aliphatic carbocycles. The molecule has 6 nitrogen and oxygen atoms in total. The smallest absolute Gasteiger partial charge is 0.243 e. The van der Waals surface area contributed by atoms with Crippen LogP contribution >= 0.6 is 0 Å². The zero-order valence-electron chi connectivity index (χ0n) is 13.5. The van der Waals surface area contributed by atoms with Crippen LogP contribution in [0.15, 0.2) is 23.2 Å². The molecule has 0 spiro atoms. The third kappa shape index (κ3) is 6.94. The molecule has 0 bridgehead atoms. The summed E-state index contributed by atoms with van der Waals surface area (Å²) >= 11 is 0. The molecular formula is C15H22F2N4O2. The van der Waals surface area contributed by atoms with E-state index in [0.29, 0.717) is 19.0 Å². The Bertz CT molecular complexity index is 550. The standard InChI is InChI=1S/C15H22F2N4O2/c1-4-18-15(20-10-14(22)21(2)3)19-7-8-23-11-5-6-12(16)13(17)9-11/h5-6,9H,4,7-8,10H2,1-3H3,(H2,18,19,20). The van der Waals surface area contributed by atoms with Gasteiger partial charge in [0.2, 0.25) is 5.91 Å². The Kier molecular flexibility index (Phi) is 7.79. The van der Waals surface area contributed by atoms with Crippen LogP contribution in [0.3, 0.4) is 0 Å². The van der Waals surface area contributed by atoms with Crippen LogP contribution in [-0.2, 0) is 4.79 Å². The van der Waals surface area contributed by atoms with Crippen molar-refractivity contribution in [3.63, 3.8) is 0 Å². The molecule has 2 N–H and O–H groups in total. The lowest BCUT2D eigenvalue weighted by Crippen LogP contribution is -2.40. The molecule has 0 aromatic heterocycles. The van der Waals surface area contributed by atoms with Crippen LogP contribution in [-0.4, -0.2) is 57.1 Å². The van der Waals surface area contributed by atoms with Gasteiger partial charge in [-0.1, -0.05) is 0 Å². The minimum absolute atomic E-state index is 0.0341. The van der Waals surface area contributed by atoms with Crippen LogP contribution in [0, 0.1) is 11.6 Å². The molecule has 1 amide bonds. The number of likely N-dealkylation sites (N-methyl/N-ethyl adjacent to an activating group) is 1. The van der Waals surface area contributed by atoms with Gasteiger partial charge in [-0.05, 0) is 19.1 Å². The number of nitrogens with one attached hydrogen (secondary N) is 2. The summed E-state index contributed by atoms with van der Waals surface area (Å²) in [7, 11) is 3.32. The Morgan fingerprint density at radius 3 is 2.61 bits per heavy atom. The molecule has 0 heterocycles. The summed E-state index contributed by atoms with van der Waals surface area (Å²) in [5, 5.41) is 5.98. The zero-order valence-corrected chi connectivity index (χ0v) is 13.5. The molecule has 0 fully saturated rings. The van der Waals surface area contributed by atoms with Crippen molar-refractivity contribution in [1.82, 2.24) is 15.5 Å². The van der Waals surface area contributed by atoms with E-state index in [1.165, 1.54) is 11.0 Å². The highest BCUT2D eigenvalue weighted by atomic mass is 19.2. The first-order valence-electron chi connectivity index (χ1n) is 7.24. The molecule has 1 aromatic rings. The van der Waals surface area contributed by atoms with Gasteiger partial charge in [0.05, 0.1) is 6.54 Å². The highest BCUT2D eigenvalue weighted by molar-refractivity contribution is 5.84. The minimum Gasteiger partial charge on any atom is -0.492 e. The van der Waals surface area contributed by atoms with Gasteiger partial charge in [-0.2, -0.15) is 0 Å². The molecule has 0 aliphatic heterocycles. The molecule has 1 aromatic carbocycles. The molecule has 8 heteroatoms. The van der Waals surface area contributed by atoms with Crippen molar-refractivity contribution < 1.29 is 18.3 Å². The van der Waals surface area contributed by atoms with Gasteiger partial charge >= 0.3 is 0 Å². The van der Waals surface area contributed by atoms with E-state index in [1.807, 2.05) is 6.92 Å². The second-order valence-corrected chi connectivity index (χ2v) is 4.83. The van der Waals surface area contributed by atoms with Crippen LogP contribution in [0.2, 0.25) is 0 Å². The predicted octanol–water partition coefficient (Wildman–Crippen LogP) is 0.987. The number of nitrogens with zero attached hydrogens (tertiary/aromatic N) is 2. The highest BCUT2D eigenvalue weighted by Crippen LogP contribution is 2.14. The van der Waals surface area contributed by atoms with E-state index in [2.05, 4.69) is 15.6 Å². The summed E-state index contributed by atoms with van der Waals surface area (Å²) in [5.41, 5.74) is 0. The largest absolute Gasteiger partial charge is 0.492 e. The van der Waals surface area contributed by atoms with E-state index < -0.39 is 11.6 Å². The predicted molar refractivity (Wildman–Crippen MR) is 84.5 cm³/mol. The van der Waals surface area contributed by atoms with Crippen molar-refractivity contribution in [3.05, 3.63) is 29.8 Å². The SMILES string of the molecule is CCNC(=NCC(=O)N(C)C)NCCOc1ccc(F)c(F)c1. The number of carbonyl (C=O) groups is 1. The molecule has 0 aliphatic rings. The summed E-state index contributed by atoms with van der Waals surface area (Å²) in [6.45, 7) is 3.21. The van der Waals surface area contributed by atoms with E-state index in [9.17, 15) is 13.6 Å². The van der Waals surface area contributed by atoms with E-state index >= 15 is 0 Å². The number of amides is 1. The molecule has 1 rings (SSSR count). The molecule has 23 heavy (non-hydrogen) atoms. The van der Waals surface area contributed by atoms with Gasteiger partial charge in [0.1, 0.15) is 18.9 Å². The van der Waals surface area contributed by atoms with E-state index in [1.54, 1.807) is 14.1 Å². The van der Waals surface area contributed by atoms with Crippen molar-refractivity contribution in [1.29, 1.82) is 0 Å². The first-order valence-corrected chi connectivity index (χ1v) is 7.24. The number of ether oxygens (including phenoxy) is 1. The lowest BCUT2D eigenvalue weighted by atomic mass is 10.3. The van der Waals surface area contributed by atoms with Gasteiger partial charge in [0.15, 0.2) is 17.6 Å². The fraction of sp³-hybridized carbons (Fsp3) is 0.467. The number of hydrogen-bond donors (Lipinski definition) is 2. The van der Waals surface area contributed by atoms with Crippen LogP contribution in [0.5, 0.6) is 5.75 Å². The number of hydrogen-bond acceptors (Lipinski definition) is 3. The van der Waals surface area contributed by atoms with Gasteiger partial charge in [-0.25, -0.2) is 13.8 Å². The minimum atomic E-state index is -0.951. The Morgan fingerprint density at radius 1 is 1.26 bits per heavy atom. The molecule has 0 unspecified atom stereocenters. The lowest BCUT2D eigenvalue weighted by Gasteiger charge is -2.13. The second-order valence-electron chi connectivity index (χ2n) is 4.83. The number of aliphatic imine (C=N–C) groups is 1. The normalized spacial score (nSPS) is 11.1. The first-order chi connectivity index (χ1) is 10.9. The Labute approximate surface area is 134 Å². The summed E-state index contributed by atoms with van der Waals surface area (Å²) in [6.07, 6.45) is 0. The van der Waals surface area contributed by atoms with E-state index in [0.717, 1.165) is 12.1 Å². The third-order valence-electron chi connectivity index (χ3n) is 2.77. The van der Waals surface area contributed by atoms with Crippen molar-refractivity contribution in [2.75, 3.05) is 40.3 Å². The highest BCUT2D eigenvalue weighted by Gasteiger charge is 2.05. The van der Waals surface area contributed by atoms with Gasteiger partial charge in [-0.15, -0.1) is 0 Å². The summed E-state index contributed by atoms with van der Waals surface area (Å²) in [5.74, 6) is -1.25. The number of halogens is 2. The average Bonchev–Trinajstić information content (AvgIpc) is 2.51. The number of carbonyl (C=O) groups excluding carboxylic acids is 1. The zero-order chi connectivity index (χ0) is 17.2. The summed E-state index contributed by atoms with van der Waals surface area (Å²) in [4.78, 5) is 17.1. The third-order valence-corrected chi connectivity index (χ3v) is 2.77. The fourth-order valence-corrected chi connectivity index (χ4v) is 1.53.